The Bertz CT molecular complexity index is 768. The molecular formula is C18H22N4O. The van der Waals surface area contributed by atoms with E-state index < -0.39 is 0 Å². The van der Waals surface area contributed by atoms with Crippen molar-refractivity contribution in [2.75, 3.05) is 19.0 Å². The minimum atomic E-state index is 0.835. The molecule has 0 amide bonds. The number of pyridine rings is 1. The van der Waals surface area contributed by atoms with E-state index in [1.165, 1.54) is 0 Å². The van der Waals surface area contributed by atoms with Crippen molar-refractivity contribution in [2.45, 2.75) is 26.3 Å². The minimum Gasteiger partial charge on any atom is -0.497 e. The highest BCUT2D eigenvalue weighted by Gasteiger charge is 2.05. The Morgan fingerprint density at radius 3 is 2.91 bits per heavy atom. The molecule has 23 heavy (non-hydrogen) atoms. The average Bonchev–Trinajstić information content (AvgIpc) is 3.07. The van der Waals surface area contributed by atoms with Gasteiger partial charge in [-0.3, -0.25) is 4.98 Å². The first-order chi connectivity index (χ1) is 11.3. The molecule has 5 heteroatoms. The average molecular weight is 310 g/mol. The minimum absolute atomic E-state index is 0.835. The van der Waals surface area contributed by atoms with Crippen LogP contribution in [0, 0.1) is 6.92 Å². The van der Waals surface area contributed by atoms with Crippen molar-refractivity contribution < 1.29 is 4.74 Å². The molecule has 1 N–H and O–H groups in total. The molecule has 0 spiro atoms. The van der Waals surface area contributed by atoms with Crippen LogP contribution in [0.3, 0.4) is 0 Å². The Morgan fingerprint density at radius 2 is 2.13 bits per heavy atom. The van der Waals surface area contributed by atoms with Gasteiger partial charge in [0.1, 0.15) is 5.75 Å². The molecule has 5 nitrogen and oxygen atoms in total. The van der Waals surface area contributed by atoms with Crippen LogP contribution in [-0.4, -0.2) is 28.2 Å². The quantitative estimate of drug-likeness (QED) is 0.677. The van der Waals surface area contributed by atoms with Gasteiger partial charge in [0.15, 0.2) is 0 Å². The van der Waals surface area contributed by atoms with Crippen LogP contribution in [0.15, 0.2) is 43.0 Å². The number of fused-ring (bicyclic) bond motifs is 1. The standard InChI is InChI=1S/C18H22N4O/c1-14-11-17(16-6-5-15(23-2)12-18(16)21-14)20-7-3-4-9-22-10-8-19-13-22/h5-6,8,10-13H,3-4,7,9H2,1-2H3,(H,20,21). The summed E-state index contributed by atoms with van der Waals surface area (Å²) in [6, 6.07) is 8.12. The topological polar surface area (TPSA) is 52.0 Å². The van der Waals surface area contributed by atoms with Crippen molar-refractivity contribution in [3.63, 3.8) is 0 Å². The molecular weight excluding hydrogens is 288 g/mol. The first-order valence-electron chi connectivity index (χ1n) is 7.91. The number of anilines is 1. The molecule has 0 aliphatic heterocycles. The summed E-state index contributed by atoms with van der Waals surface area (Å²) in [4.78, 5) is 8.65. The van der Waals surface area contributed by atoms with Crippen molar-refractivity contribution in [2.24, 2.45) is 0 Å². The second-order valence-corrected chi connectivity index (χ2v) is 5.63. The van der Waals surface area contributed by atoms with E-state index in [0.29, 0.717) is 0 Å². The number of hydrogen-bond acceptors (Lipinski definition) is 4. The second-order valence-electron chi connectivity index (χ2n) is 5.63. The van der Waals surface area contributed by atoms with Gasteiger partial charge in [-0.1, -0.05) is 0 Å². The summed E-state index contributed by atoms with van der Waals surface area (Å²) in [5.74, 6) is 0.835. The van der Waals surface area contributed by atoms with E-state index in [0.717, 1.165) is 54.0 Å². The number of unbranched alkanes of at least 4 members (excludes halogenated alkanes) is 1. The number of imidazole rings is 1. The van der Waals surface area contributed by atoms with Gasteiger partial charge in [0.05, 0.1) is 19.0 Å². The molecule has 0 atom stereocenters. The first kappa shape index (κ1) is 15.3. The molecule has 0 bridgehead atoms. The largest absolute Gasteiger partial charge is 0.497 e. The summed E-state index contributed by atoms with van der Waals surface area (Å²) in [5, 5.41) is 4.67. The number of ether oxygens (including phenoxy) is 1. The number of benzene rings is 1. The van der Waals surface area contributed by atoms with Gasteiger partial charge in [0.2, 0.25) is 0 Å². The fourth-order valence-corrected chi connectivity index (χ4v) is 2.68. The summed E-state index contributed by atoms with van der Waals surface area (Å²) in [6.45, 7) is 3.97. The van der Waals surface area contributed by atoms with Crippen molar-refractivity contribution in [1.82, 2.24) is 14.5 Å². The molecule has 0 fully saturated rings. The lowest BCUT2D eigenvalue weighted by Crippen LogP contribution is -2.05. The number of aromatic nitrogens is 3. The van der Waals surface area contributed by atoms with Gasteiger partial charge in [-0.15, -0.1) is 0 Å². The fraction of sp³-hybridized carbons (Fsp3) is 0.333. The maximum absolute atomic E-state index is 5.28. The maximum atomic E-state index is 5.28. The smallest absolute Gasteiger partial charge is 0.121 e. The highest BCUT2D eigenvalue weighted by atomic mass is 16.5. The van der Waals surface area contributed by atoms with Crippen LogP contribution in [0.1, 0.15) is 18.5 Å². The third-order valence-electron chi connectivity index (χ3n) is 3.86. The molecule has 2 heterocycles. The number of hydrogen-bond donors (Lipinski definition) is 1. The Labute approximate surface area is 136 Å². The van der Waals surface area contributed by atoms with Crippen LogP contribution >= 0.6 is 0 Å². The van der Waals surface area contributed by atoms with Crippen LogP contribution in [0.2, 0.25) is 0 Å². The summed E-state index contributed by atoms with van der Waals surface area (Å²) in [5.41, 5.74) is 3.11. The molecule has 0 saturated heterocycles. The zero-order chi connectivity index (χ0) is 16.1. The monoisotopic (exact) mass is 310 g/mol. The normalized spacial score (nSPS) is 10.9. The predicted octanol–water partition coefficient (Wildman–Crippen LogP) is 3.64. The van der Waals surface area contributed by atoms with Crippen molar-refractivity contribution in [3.8, 4) is 5.75 Å². The summed E-state index contributed by atoms with van der Waals surface area (Å²) in [7, 11) is 1.68. The molecule has 2 aromatic heterocycles. The molecule has 3 rings (SSSR count). The van der Waals surface area contributed by atoms with Gasteiger partial charge in [-0.2, -0.15) is 0 Å². The van der Waals surface area contributed by atoms with E-state index in [1.807, 2.05) is 37.8 Å². The highest BCUT2D eigenvalue weighted by Crippen LogP contribution is 2.26. The Morgan fingerprint density at radius 1 is 1.22 bits per heavy atom. The molecule has 0 aliphatic carbocycles. The van der Waals surface area contributed by atoms with Gasteiger partial charge in [0.25, 0.3) is 0 Å². The number of nitrogens with zero attached hydrogens (tertiary/aromatic N) is 3. The molecule has 120 valence electrons. The first-order valence-corrected chi connectivity index (χ1v) is 7.91. The van der Waals surface area contributed by atoms with E-state index in [4.69, 9.17) is 4.74 Å². The highest BCUT2D eigenvalue weighted by molar-refractivity contribution is 5.92. The third-order valence-corrected chi connectivity index (χ3v) is 3.86. The van der Waals surface area contributed by atoms with Gasteiger partial charge < -0.3 is 14.6 Å². The molecule has 0 unspecified atom stereocenters. The van der Waals surface area contributed by atoms with Gasteiger partial charge in [-0.05, 0) is 38.0 Å². The van der Waals surface area contributed by atoms with E-state index >= 15 is 0 Å². The SMILES string of the molecule is COc1ccc2c(NCCCCn3ccnc3)cc(C)nc2c1. The van der Waals surface area contributed by atoms with Crippen molar-refractivity contribution in [3.05, 3.63) is 48.7 Å². The Balaban J connectivity index is 1.62. The molecule has 0 aliphatic rings. The van der Waals surface area contributed by atoms with Gasteiger partial charge in [-0.25, -0.2) is 4.98 Å². The molecule has 3 aromatic rings. The summed E-state index contributed by atoms with van der Waals surface area (Å²) in [6.07, 6.45) is 7.91. The lowest BCUT2D eigenvalue weighted by Gasteiger charge is -2.12. The fourth-order valence-electron chi connectivity index (χ4n) is 2.68. The van der Waals surface area contributed by atoms with E-state index in [-0.39, 0.29) is 0 Å². The van der Waals surface area contributed by atoms with Crippen LogP contribution in [0.25, 0.3) is 10.9 Å². The van der Waals surface area contributed by atoms with Crippen LogP contribution in [-0.2, 0) is 6.54 Å². The number of aryl methyl sites for hydroxylation is 2. The zero-order valence-electron chi connectivity index (χ0n) is 13.6. The van der Waals surface area contributed by atoms with E-state index in [9.17, 15) is 0 Å². The molecule has 1 aromatic carbocycles. The van der Waals surface area contributed by atoms with E-state index in [1.54, 1.807) is 7.11 Å². The zero-order valence-corrected chi connectivity index (χ0v) is 13.6. The Kier molecular flexibility index (Phi) is 4.76. The second kappa shape index (κ2) is 7.13. The van der Waals surface area contributed by atoms with E-state index in [2.05, 4.69) is 32.0 Å². The lowest BCUT2D eigenvalue weighted by atomic mass is 10.1. The van der Waals surface area contributed by atoms with Gasteiger partial charge in [0, 0.05) is 48.3 Å². The van der Waals surface area contributed by atoms with Crippen LogP contribution < -0.4 is 10.1 Å². The van der Waals surface area contributed by atoms with Crippen molar-refractivity contribution in [1.29, 1.82) is 0 Å². The summed E-state index contributed by atoms with van der Waals surface area (Å²) < 4.78 is 7.39. The van der Waals surface area contributed by atoms with Crippen molar-refractivity contribution >= 4 is 16.6 Å². The van der Waals surface area contributed by atoms with Crippen LogP contribution in [0.5, 0.6) is 5.75 Å². The van der Waals surface area contributed by atoms with Crippen LogP contribution in [0.4, 0.5) is 5.69 Å². The third kappa shape index (κ3) is 3.80. The number of methoxy groups -OCH3 is 1. The summed E-state index contributed by atoms with van der Waals surface area (Å²) >= 11 is 0. The predicted molar refractivity (Wildman–Crippen MR) is 93.0 cm³/mol. The number of rotatable bonds is 7. The Hall–Kier alpha value is -2.56. The molecule has 0 saturated carbocycles. The van der Waals surface area contributed by atoms with Gasteiger partial charge >= 0.3 is 0 Å². The number of nitrogens with one attached hydrogen (secondary N) is 1. The maximum Gasteiger partial charge on any atom is 0.121 e. The molecule has 0 radical (unpaired) electrons. The lowest BCUT2D eigenvalue weighted by molar-refractivity contribution is 0.415.